The Morgan fingerprint density at radius 1 is 1.05 bits per heavy atom. The average Bonchev–Trinajstić information content (AvgIpc) is 2.43. The zero-order chi connectivity index (χ0) is 15.4. The highest BCUT2D eigenvalue weighted by atomic mass is 127. The van der Waals surface area contributed by atoms with Gasteiger partial charge in [0.15, 0.2) is 0 Å². The molecule has 2 aromatic rings. The lowest BCUT2D eigenvalue weighted by atomic mass is 10.2. The first kappa shape index (κ1) is 15.3. The summed E-state index contributed by atoms with van der Waals surface area (Å²) < 4.78 is 0.787. The quantitative estimate of drug-likeness (QED) is 0.688. The van der Waals surface area contributed by atoms with Gasteiger partial charge >= 0.3 is 12.0 Å². The van der Waals surface area contributed by atoms with E-state index in [2.05, 4.69) is 10.6 Å². The predicted octanol–water partition coefficient (Wildman–Crippen LogP) is 3.94. The van der Waals surface area contributed by atoms with Crippen LogP contribution in [0.2, 0.25) is 0 Å². The van der Waals surface area contributed by atoms with Crippen molar-refractivity contribution in [3.8, 4) is 0 Å². The number of nitrogens with one attached hydrogen (secondary N) is 2. The molecule has 108 valence electrons. The Labute approximate surface area is 135 Å². The molecule has 0 spiro atoms. The number of carboxylic acids is 1. The maximum atomic E-state index is 12.0. The molecule has 2 aromatic carbocycles. The zero-order valence-corrected chi connectivity index (χ0v) is 13.3. The van der Waals surface area contributed by atoms with Crippen molar-refractivity contribution in [2.45, 2.75) is 6.92 Å². The number of benzene rings is 2. The summed E-state index contributed by atoms with van der Waals surface area (Å²) >= 11 is 2.02. The average molecular weight is 396 g/mol. The summed E-state index contributed by atoms with van der Waals surface area (Å²) in [5, 5.41) is 14.4. The number of urea groups is 1. The first-order valence-electron chi connectivity index (χ1n) is 6.14. The van der Waals surface area contributed by atoms with Crippen molar-refractivity contribution in [3.63, 3.8) is 0 Å². The monoisotopic (exact) mass is 396 g/mol. The van der Waals surface area contributed by atoms with Crippen LogP contribution in [0.5, 0.6) is 0 Å². The number of anilines is 2. The number of hydrogen-bond donors (Lipinski definition) is 3. The Kier molecular flexibility index (Phi) is 4.79. The first-order valence-corrected chi connectivity index (χ1v) is 7.21. The molecule has 0 aromatic heterocycles. The maximum absolute atomic E-state index is 12.0. The molecule has 2 rings (SSSR count). The van der Waals surface area contributed by atoms with Crippen LogP contribution >= 0.6 is 22.6 Å². The van der Waals surface area contributed by atoms with Crippen LogP contribution in [-0.2, 0) is 0 Å². The summed E-state index contributed by atoms with van der Waals surface area (Å²) in [5.41, 5.74) is 1.92. The van der Waals surface area contributed by atoms with E-state index < -0.39 is 12.0 Å². The van der Waals surface area contributed by atoms with Crippen molar-refractivity contribution in [1.82, 2.24) is 0 Å². The van der Waals surface area contributed by atoms with Crippen LogP contribution in [0, 0.1) is 10.5 Å². The number of carboxylic acid groups (broad SMARTS) is 1. The highest BCUT2D eigenvalue weighted by molar-refractivity contribution is 14.1. The minimum absolute atomic E-state index is 0.0573. The summed E-state index contributed by atoms with van der Waals surface area (Å²) in [6, 6.07) is 11.7. The van der Waals surface area contributed by atoms with Gasteiger partial charge in [-0.2, -0.15) is 0 Å². The standard InChI is InChI=1S/C15H13IN2O3/c1-9-4-2-3-5-12(9)17-15(21)18-13-7-6-10(16)8-11(13)14(19)20/h2-8H,1H3,(H,19,20)(H2,17,18,21). The first-order chi connectivity index (χ1) is 9.97. The predicted molar refractivity (Wildman–Crippen MR) is 89.9 cm³/mol. The van der Waals surface area contributed by atoms with Gasteiger partial charge in [-0.25, -0.2) is 9.59 Å². The highest BCUT2D eigenvalue weighted by Gasteiger charge is 2.13. The fraction of sp³-hybridized carbons (Fsp3) is 0.0667. The van der Waals surface area contributed by atoms with Crippen LogP contribution in [0.3, 0.4) is 0 Å². The minimum Gasteiger partial charge on any atom is -0.478 e. The largest absolute Gasteiger partial charge is 0.478 e. The Balaban J connectivity index is 2.17. The minimum atomic E-state index is -1.08. The molecule has 21 heavy (non-hydrogen) atoms. The molecule has 3 N–H and O–H groups in total. The molecule has 0 aliphatic rings. The molecule has 5 nitrogen and oxygen atoms in total. The molecule has 2 amide bonds. The Morgan fingerprint density at radius 3 is 2.38 bits per heavy atom. The number of aryl methyl sites for hydroxylation is 1. The molecule has 0 unspecified atom stereocenters. The second kappa shape index (κ2) is 6.57. The van der Waals surface area contributed by atoms with Crippen molar-refractivity contribution in [3.05, 3.63) is 57.2 Å². The third kappa shape index (κ3) is 3.94. The molecule has 0 fully saturated rings. The second-order valence-electron chi connectivity index (χ2n) is 4.39. The van der Waals surface area contributed by atoms with Crippen LogP contribution in [0.25, 0.3) is 0 Å². The molecule has 0 aliphatic carbocycles. The number of amides is 2. The molecule has 0 heterocycles. The summed E-state index contributed by atoms with van der Waals surface area (Å²) in [6.45, 7) is 1.88. The second-order valence-corrected chi connectivity index (χ2v) is 5.63. The van der Waals surface area contributed by atoms with E-state index in [0.29, 0.717) is 5.69 Å². The van der Waals surface area contributed by atoms with Gasteiger partial charge in [0.25, 0.3) is 0 Å². The van der Waals surface area contributed by atoms with E-state index in [-0.39, 0.29) is 11.3 Å². The third-order valence-electron chi connectivity index (χ3n) is 2.85. The number of rotatable bonds is 3. The van der Waals surface area contributed by atoms with E-state index in [1.165, 1.54) is 6.07 Å². The van der Waals surface area contributed by atoms with Gasteiger partial charge in [0, 0.05) is 9.26 Å². The normalized spacial score (nSPS) is 10.0. The maximum Gasteiger partial charge on any atom is 0.337 e. The van der Waals surface area contributed by atoms with E-state index in [1.54, 1.807) is 18.2 Å². The SMILES string of the molecule is Cc1ccccc1NC(=O)Nc1ccc(I)cc1C(=O)O. The molecule has 0 saturated carbocycles. The van der Waals surface area contributed by atoms with Gasteiger partial charge in [-0.1, -0.05) is 18.2 Å². The smallest absolute Gasteiger partial charge is 0.337 e. The molecule has 0 bridgehead atoms. The van der Waals surface area contributed by atoms with Crippen LogP contribution in [0.15, 0.2) is 42.5 Å². The van der Waals surface area contributed by atoms with Gasteiger partial charge in [0.2, 0.25) is 0 Å². The number of carbonyl (C=O) groups is 2. The Hall–Kier alpha value is -2.09. The zero-order valence-electron chi connectivity index (χ0n) is 11.2. The summed E-state index contributed by atoms with van der Waals surface area (Å²) in [7, 11) is 0. The lowest BCUT2D eigenvalue weighted by Gasteiger charge is -2.11. The van der Waals surface area contributed by atoms with E-state index in [4.69, 9.17) is 5.11 Å². The van der Waals surface area contributed by atoms with E-state index in [1.807, 2.05) is 47.7 Å². The Morgan fingerprint density at radius 2 is 1.71 bits per heavy atom. The number of halogens is 1. The highest BCUT2D eigenvalue weighted by Crippen LogP contribution is 2.20. The number of para-hydroxylation sites is 1. The van der Waals surface area contributed by atoms with Gasteiger partial charge in [0.1, 0.15) is 0 Å². The van der Waals surface area contributed by atoms with E-state index in [9.17, 15) is 9.59 Å². The fourth-order valence-corrected chi connectivity index (χ4v) is 2.28. The molecule has 0 saturated heterocycles. The molecule has 0 aliphatic heterocycles. The van der Waals surface area contributed by atoms with Crippen molar-refractivity contribution in [2.24, 2.45) is 0 Å². The summed E-state index contributed by atoms with van der Waals surface area (Å²) in [6.07, 6.45) is 0. The van der Waals surface area contributed by atoms with E-state index >= 15 is 0 Å². The van der Waals surface area contributed by atoms with Gasteiger partial charge < -0.3 is 15.7 Å². The third-order valence-corrected chi connectivity index (χ3v) is 3.52. The number of hydrogen-bond acceptors (Lipinski definition) is 2. The van der Waals surface area contributed by atoms with Crippen molar-refractivity contribution in [1.29, 1.82) is 0 Å². The van der Waals surface area contributed by atoms with Gasteiger partial charge in [-0.15, -0.1) is 0 Å². The van der Waals surface area contributed by atoms with Crippen LogP contribution in [0.1, 0.15) is 15.9 Å². The molecule has 6 heteroatoms. The lowest BCUT2D eigenvalue weighted by molar-refractivity contribution is 0.0698. The van der Waals surface area contributed by atoms with Crippen LogP contribution < -0.4 is 10.6 Å². The molecule has 0 radical (unpaired) electrons. The van der Waals surface area contributed by atoms with Crippen molar-refractivity contribution >= 4 is 46.0 Å². The van der Waals surface area contributed by atoms with Gasteiger partial charge in [-0.05, 0) is 59.3 Å². The number of aromatic carboxylic acids is 1. The van der Waals surface area contributed by atoms with Crippen LogP contribution in [0.4, 0.5) is 16.2 Å². The van der Waals surface area contributed by atoms with Crippen molar-refractivity contribution in [2.75, 3.05) is 10.6 Å². The molecule has 0 atom stereocenters. The lowest BCUT2D eigenvalue weighted by Crippen LogP contribution is -2.21. The summed E-state index contributed by atoms with van der Waals surface area (Å²) in [5.74, 6) is -1.08. The van der Waals surface area contributed by atoms with Crippen molar-refractivity contribution < 1.29 is 14.7 Å². The van der Waals surface area contributed by atoms with Gasteiger partial charge in [0.05, 0.1) is 11.3 Å². The number of carbonyl (C=O) groups excluding carboxylic acids is 1. The fourth-order valence-electron chi connectivity index (χ4n) is 1.79. The topological polar surface area (TPSA) is 78.4 Å². The molecular formula is C15H13IN2O3. The van der Waals surface area contributed by atoms with Gasteiger partial charge in [-0.3, -0.25) is 0 Å². The Bertz CT molecular complexity index is 701. The van der Waals surface area contributed by atoms with Crippen LogP contribution in [-0.4, -0.2) is 17.1 Å². The summed E-state index contributed by atoms with van der Waals surface area (Å²) in [4.78, 5) is 23.2. The molecular weight excluding hydrogens is 383 g/mol. The van der Waals surface area contributed by atoms with E-state index in [0.717, 1.165) is 9.13 Å².